The summed E-state index contributed by atoms with van der Waals surface area (Å²) in [5.74, 6) is 0.842. The zero-order valence-corrected chi connectivity index (χ0v) is 18.8. The Bertz CT molecular complexity index is 921. The Kier molecular flexibility index (Phi) is 7.03. The summed E-state index contributed by atoms with van der Waals surface area (Å²) in [6.45, 7) is 7.08. The van der Waals surface area contributed by atoms with Gasteiger partial charge in [-0.2, -0.15) is 0 Å². The first-order chi connectivity index (χ1) is 14.3. The third-order valence-electron chi connectivity index (χ3n) is 4.93. The topological polar surface area (TPSA) is 51.1 Å². The Balaban J connectivity index is 1.73. The van der Waals surface area contributed by atoms with Crippen LogP contribution in [0.3, 0.4) is 0 Å². The van der Waals surface area contributed by atoms with E-state index in [0.717, 1.165) is 22.6 Å². The van der Waals surface area contributed by atoms with Gasteiger partial charge in [0.1, 0.15) is 5.75 Å². The van der Waals surface area contributed by atoms with Crippen LogP contribution in [0.25, 0.3) is 0 Å². The van der Waals surface area contributed by atoms with Gasteiger partial charge in [-0.15, -0.1) is 0 Å². The smallest absolute Gasteiger partial charge is 0.223 e. The highest BCUT2D eigenvalue weighted by Crippen LogP contribution is 2.27. The van der Waals surface area contributed by atoms with Crippen molar-refractivity contribution >= 4 is 23.2 Å². The van der Waals surface area contributed by atoms with Gasteiger partial charge in [0.25, 0.3) is 0 Å². The molecule has 1 heterocycles. The van der Waals surface area contributed by atoms with Crippen LogP contribution in [0.5, 0.6) is 5.75 Å². The minimum Gasteiger partial charge on any atom is -0.496 e. The van der Waals surface area contributed by atoms with Crippen molar-refractivity contribution in [3.8, 4) is 5.75 Å². The first kappa shape index (κ1) is 22.2. The van der Waals surface area contributed by atoms with Crippen LogP contribution in [-0.2, 0) is 16.2 Å². The molecule has 0 saturated carbocycles. The van der Waals surface area contributed by atoms with Crippen LogP contribution in [-0.4, -0.2) is 36.3 Å². The molecule has 6 heteroatoms. The molecule has 3 rings (SSSR count). The van der Waals surface area contributed by atoms with Crippen molar-refractivity contribution in [1.82, 2.24) is 4.90 Å². The van der Waals surface area contributed by atoms with Crippen molar-refractivity contribution in [3.63, 3.8) is 0 Å². The van der Waals surface area contributed by atoms with Gasteiger partial charge in [-0.1, -0.05) is 67.9 Å². The number of methoxy groups -OCH3 is 1. The molecule has 1 amide bonds. The highest BCUT2D eigenvalue weighted by Gasteiger charge is 2.29. The van der Waals surface area contributed by atoms with Crippen molar-refractivity contribution in [2.24, 2.45) is 10.6 Å². The van der Waals surface area contributed by atoms with E-state index in [1.807, 2.05) is 53.4 Å². The fourth-order valence-electron chi connectivity index (χ4n) is 3.47. The van der Waals surface area contributed by atoms with Crippen LogP contribution in [0.4, 0.5) is 0 Å². The molecular weight excluding hydrogens is 400 g/mol. The number of hydrogen-bond acceptors (Lipinski definition) is 4. The fraction of sp³-hybridized carbons (Fsp3) is 0.417. The fourth-order valence-corrected chi connectivity index (χ4v) is 3.66. The van der Waals surface area contributed by atoms with Gasteiger partial charge in [0.15, 0.2) is 6.10 Å². The Hall–Kier alpha value is -2.53. The second-order valence-electron chi connectivity index (χ2n) is 8.77. The molecule has 0 bridgehead atoms. The van der Waals surface area contributed by atoms with E-state index in [1.165, 1.54) is 0 Å². The molecule has 160 valence electrons. The summed E-state index contributed by atoms with van der Waals surface area (Å²) in [6.07, 6.45) is 0.850. The first-order valence-corrected chi connectivity index (χ1v) is 10.5. The summed E-state index contributed by atoms with van der Waals surface area (Å²) in [7, 11) is 1.64. The maximum Gasteiger partial charge on any atom is 0.223 e. The van der Waals surface area contributed by atoms with Crippen LogP contribution >= 0.6 is 11.6 Å². The number of rotatable bonds is 7. The average molecular weight is 429 g/mol. The zero-order chi connectivity index (χ0) is 21.7. The lowest BCUT2D eigenvalue weighted by Gasteiger charge is -2.28. The molecule has 0 unspecified atom stereocenters. The maximum absolute atomic E-state index is 13.1. The largest absolute Gasteiger partial charge is 0.496 e. The molecule has 0 aliphatic carbocycles. The van der Waals surface area contributed by atoms with E-state index in [2.05, 4.69) is 25.9 Å². The molecule has 30 heavy (non-hydrogen) atoms. The SMILES string of the molecule is COc1ccccc1C1=NO[C@H](CN(Cc2ccccc2Cl)C(=O)CC(C)(C)C)C1. The van der Waals surface area contributed by atoms with Crippen molar-refractivity contribution in [2.75, 3.05) is 13.7 Å². The number of hydrogen-bond donors (Lipinski definition) is 0. The number of amides is 1. The Morgan fingerprint density at radius 3 is 2.60 bits per heavy atom. The number of nitrogens with zero attached hydrogens (tertiary/aromatic N) is 2. The number of para-hydroxylation sites is 1. The number of carbonyl (C=O) groups is 1. The lowest BCUT2D eigenvalue weighted by atomic mass is 9.91. The molecule has 1 aliphatic rings. The molecule has 0 N–H and O–H groups in total. The highest BCUT2D eigenvalue weighted by molar-refractivity contribution is 6.31. The summed E-state index contributed by atoms with van der Waals surface area (Å²) in [5, 5.41) is 4.94. The van der Waals surface area contributed by atoms with Crippen molar-refractivity contribution in [2.45, 2.75) is 46.3 Å². The van der Waals surface area contributed by atoms with Gasteiger partial charge in [-0.05, 0) is 29.2 Å². The second-order valence-corrected chi connectivity index (χ2v) is 9.18. The molecule has 0 radical (unpaired) electrons. The summed E-state index contributed by atoms with van der Waals surface area (Å²) in [6, 6.07) is 15.4. The molecule has 2 aromatic carbocycles. The van der Waals surface area contributed by atoms with Crippen LogP contribution in [0.2, 0.25) is 5.02 Å². The standard InChI is InChI=1S/C24H29ClN2O3/c1-24(2,3)14-23(28)27(15-17-9-5-7-11-20(17)25)16-18-13-21(26-30-18)19-10-6-8-12-22(19)29-4/h5-12,18H,13-16H2,1-4H3/t18-/m0/s1. The summed E-state index contributed by atoms with van der Waals surface area (Å²) in [5.41, 5.74) is 2.57. The van der Waals surface area contributed by atoms with E-state index in [1.54, 1.807) is 7.11 Å². The highest BCUT2D eigenvalue weighted by atomic mass is 35.5. The normalized spacial score (nSPS) is 16.0. The van der Waals surface area contributed by atoms with E-state index in [0.29, 0.717) is 31.0 Å². The van der Waals surface area contributed by atoms with Gasteiger partial charge in [0.05, 0.1) is 19.4 Å². The van der Waals surface area contributed by atoms with Crippen LogP contribution in [0.15, 0.2) is 53.7 Å². The van der Waals surface area contributed by atoms with Crippen molar-refractivity contribution < 1.29 is 14.4 Å². The maximum atomic E-state index is 13.1. The van der Waals surface area contributed by atoms with Crippen LogP contribution < -0.4 is 4.74 Å². The minimum absolute atomic E-state index is 0.0803. The number of ether oxygens (including phenoxy) is 1. The molecule has 0 fully saturated rings. The summed E-state index contributed by atoms with van der Waals surface area (Å²) < 4.78 is 5.44. The van der Waals surface area contributed by atoms with E-state index in [4.69, 9.17) is 21.2 Å². The van der Waals surface area contributed by atoms with Gasteiger partial charge in [-0.3, -0.25) is 4.79 Å². The number of benzene rings is 2. The van der Waals surface area contributed by atoms with Gasteiger partial charge in [0.2, 0.25) is 5.91 Å². The number of oxime groups is 1. The first-order valence-electron chi connectivity index (χ1n) is 10.1. The Morgan fingerprint density at radius 2 is 1.90 bits per heavy atom. The molecule has 0 aromatic heterocycles. The average Bonchev–Trinajstić information content (AvgIpc) is 3.16. The molecule has 0 saturated heterocycles. The van der Waals surface area contributed by atoms with Crippen LogP contribution in [0.1, 0.15) is 44.7 Å². The molecule has 1 atom stereocenters. The molecule has 0 spiro atoms. The van der Waals surface area contributed by atoms with E-state index in [-0.39, 0.29) is 17.4 Å². The van der Waals surface area contributed by atoms with Gasteiger partial charge >= 0.3 is 0 Å². The van der Waals surface area contributed by atoms with Gasteiger partial charge in [-0.25, -0.2) is 0 Å². The lowest BCUT2D eigenvalue weighted by Crippen LogP contribution is -2.39. The molecule has 5 nitrogen and oxygen atoms in total. The Morgan fingerprint density at radius 1 is 1.20 bits per heavy atom. The predicted octanol–water partition coefficient (Wildman–Crippen LogP) is 5.31. The predicted molar refractivity (Wildman–Crippen MR) is 120 cm³/mol. The van der Waals surface area contributed by atoms with Gasteiger partial charge in [0, 0.05) is 30.0 Å². The van der Waals surface area contributed by atoms with Crippen molar-refractivity contribution in [1.29, 1.82) is 0 Å². The minimum atomic E-state index is -0.212. The third-order valence-corrected chi connectivity index (χ3v) is 5.30. The second kappa shape index (κ2) is 9.52. The summed E-state index contributed by atoms with van der Waals surface area (Å²) in [4.78, 5) is 20.6. The summed E-state index contributed by atoms with van der Waals surface area (Å²) >= 11 is 6.35. The zero-order valence-electron chi connectivity index (χ0n) is 18.0. The number of halogens is 1. The monoisotopic (exact) mass is 428 g/mol. The van der Waals surface area contributed by atoms with E-state index in [9.17, 15) is 4.79 Å². The molecule has 2 aromatic rings. The van der Waals surface area contributed by atoms with E-state index < -0.39 is 0 Å². The number of carbonyl (C=O) groups excluding carboxylic acids is 1. The molecular formula is C24H29ClN2O3. The van der Waals surface area contributed by atoms with E-state index >= 15 is 0 Å². The molecule has 1 aliphatic heterocycles. The van der Waals surface area contributed by atoms with Gasteiger partial charge < -0.3 is 14.5 Å². The van der Waals surface area contributed by atoms with Crippen LogP contribution in [0, 0.1) is 5.41 Å². The van der Waals surface area contributed by atoms with Crippen molar-refractivity contribution in [3.05, 3.63) is 64.7 Å². The lowest BCUT2D eigenvalue weighted by molar-refractivity contribution is -0.135. The quantitative estimate of drug-likeness (QED) is 0.600. The third kappa shape index (κ3) is 5.76. The Labute approximate surface area is 183 Å².